The Morgan fingerprint density at radius 3 is 2.72 bits per heavy atom. The molecule has 0 saturated heterocycles. The molecule has 0 atom stereocenters. The number of anilines is 1. The van der Waals surface area contributed by atoms with Crippen LogP contribution >= 0.6 is 0 Å². The summed E-state index contributed by atoms with van der Waals surface area (Å²) >= 11 is 0. The van der Waals surface area contributed by atoms with Crippen LogP contribution < -0.4 is 4.90 Å². The summed E-state index contributed by atoms with van der Waals surface area (Å²) in [6, 6.07) is 0. The van der Waals surface area contributed by atoms with Gasteiger partial charge in [0.1, 0.15) is 11.6 Å². The molecule has 134 valence electrons. The van der Waals surface area contributed by atoms with Crippen LogP contribution in [0.5, 0.6) is 0 Å². The van der Waals surface area contributed by atoms with Crippen LogP contribution in [0.4, 0.5) is 5.82 Å². The topological polar surface area (TPSA) is 67.2 Å². The van der Waals surface area contributed by atoms with Crippen molar-refractivity contribution in [2.75, 3.05) is 25.5 Å². The Hall–Kier alpha value is -2.44. The molecule has 0 bridgehead atoms. The first-order valence-electron chi connectivity index (χ1n) is 8.77. The fraction of sp³-hybridized carbons (Fsp3) is 0.556. The van der Waals surface area contributed by atoms with Gasteiger partial charge in [-0.2, -0.15) is 5.10 Å². The number of carbonyl (C=O) groups excluding carboxylic acids is 1. The number of aryl methyl sites for hydroxylation is 2. The monoisotopic (exact) mass is 342 g/mol. The number of fused-ring (bicyclic) bond motifs is 1. The zero-order chi connectivity index (χ0) is 18.1. The zero-order valence-corrected chi connectivity index (χ0v) is 15.7. The van der Waals surface area contributed by atoms with E-state index < -0.39 is 0 Å². The molecule has 25 heavy (non-hydrogen) atoms. The number of hydrogen-bond acceptors (Lipinski definition) is 5. The quantitative estimate of drug-likeness (QED) is 0.850. The molecule has 0 spiro atoms. The maximum Gasteiger partial charge on any atom is 0.257 e. The smallest absolute Gasteiger partial charge is 0.257 e. The van der Waals surface area contributed by atoms with Crippen molar-refractivity contribution in [2.45, 2.75) is 46.7 Å². The van der Waals surface area contributed by atoms with Gasteiger partial charge in [-0.25, -0.2) is 9.97 Å². The largest absolute Gasteiger partial charge is 0.362 e. The van der Waals surface area contributed by atoms with E-state index in [-0.39, 0.29) is 5.91 Å². The molecule has 3 rings (SSSR count). The third-order valence-corrected chi connectivity index (χ3v) is 4.63. The van der Waals surface area contributed by atoms with Gasteiger partial charge in [0.15, 0.2) is 0 Å². The Labute approximate surface area is 148 Å². The first-order chi connectivity index (χ1) is 11.9. The molecule has 0 saturated carbocycles. The lowest BCUT2D eigenvalue weighted by Gasteiger charge is -2.30. The molecule has 0 aromatic carbocycles. The standard InChI is InChI=1S/C18H26N6O/c1-6-8-24-12(2)15(10-19-24)18(25)23-9-7-14-16(11-23)20-13(3)21-17(14)22(4)5/h10H,6-9,11H2,1-5H3. The summed E-state index contributed by atoms with van der Waals surface area (Å²) < 4.78 is 1.90. The van der Waals surface area contributed by atoms with E-state index in [0.29, 0.717) is 18.7 Å². The van der Waals surface area contributed by atoms with E-state index >= 15 is 0 Å². The predicted octanol–water partition coefficient (Wildman–Crippen LogP) is 1.96. The molecule has 0 N–H and O–H groups in total. The van der Waals surface area contributed by atoms with Gasteiger partial charge in [0.05, 0.1) is 24.0 Å². The van der Waals surface area contributed by atoms with Crippen molar-refractivity contribution in [1.82, 2.24) is 24.6 Å². The molecule has 1 aliphatic heterocycles. The number of rotatable bonds is 4. The van der Waals surface area contributed by atoms with Crippen LogP contribution in [-0.2, 0) is 19.5 Å². The van der Waals surface area contributed by atoms with Crippen LogP contribution in [0, 0.1) is 13.8 Å². The van der Waals surface area contributed by atoms with Gasteiger partial charge in [-0.15, -0.1) is 0 Å². The van der Waals surface area contributed by atoms with Crippen molar-refractivity contribution in [3.8, 4) is 0 Å². The van der Waals surface area contributed by atoms with Crippen LogP contribution in [0.25, 0.3) is 0 Å². The van der Waals surface area contributed by atoms with Gasteiger partial charge in [0.2, 0.25) is 0 Å². The van der Waals surface area contributed by atoms with Crippen molar-refractivity contribution in [3.05, 3.63) is 34.5 Å². The fourth-order valence-electron chi connectivity index (χ4n) is 3.34. The van der Waals surface area contributed by atoms with E-state index in [4.69, 9.17) is 0 Å². The molecular formula is C18H26N6O. The van der Waals surface area contributed by atoms with Crippen LogP contribution in [0.15, 0.2) is 6.20 Å². The molecule has 2 aromatic heterocycles. The molecule has 7 heteroatoms. The summed E-state index contributed by atoms with van der Waals surface area (Å²) in [4.78, 5) is 26.0. The second-order valence-electron chi connectivity index (χ2n) is 6.76. The lowest BCUT2D eigenvalue weighted by Crippen LogP contribution is -2.37. The van der Waals surface area contributed by atoms with Gasteiger partial charge in [-0.05, 0) is 26.7 Å². The highest BCUT2D eigenvalue weighted by atomic mass is 16.2. The molecular weight excluding hydrogens is 316 g/mol. The molecule has 2 aromatic rings. The Balaban J connectivity index is 1.87. The third-order valence-electron chi connectivity index (χ3n) is 4.63. The van der Waals surface area contributed by atoms with Crippen LogP contribution in [0.1, 0.15) is 46.5 Å². The number of hydrogen-bond donors (Lipinski definition) is 0. The summed E-state index contributed by atoms with van der Waals surface area (Å²) in [5.41, 5.74) is 3.73. The highest BCUT2D eigenvalue weighted by Gasteiger charge is 2.27. The van der Waals surface area contributed by atoms with Gasteiger partial charge < -0.3 is 9.80 Å². The van der Waals surface area contributed by atoms with E-state index in [1.54, 1.807) is 6.20 Å². The maximum absolute atomic E-state index is 13.0. The number of nitrogens with zero attached hydrogens (tertiary/aromatic N) is 6. The summed E-state index contributed by atoms with van der Waals surface area (Å²) in [5, 5.41) is 4.35. The average Bonchev–Trinajstić information content (AvgIpc) is 2.94. The van der Waals surface area contributed by atoms with Crippen molar-refractivity contribution in [2.24, 2.45) is 0 Å². The van der Waals surface area contributed by atoms with Crippen molar-refractivity contribution in [1.29, 1.82) is 0 Å². The maximum atomic E-state index is 13.0. The lowest BCUT2D eigenvalue weighted by atomic mass is 10.0. The zero-order valence-electron chi connectivity index (χ0n) is 15.7. The molecule has 3 heterocycles. The Bertz CT molecular complexity index is 795. The van der Waals surface area contributed by atoms with Crippen LogP contribution in [0.3, 0.4) is 0 Å². The minimum atomic E-state index is 0.0353. The van der Waals surface area contributed by atoms with Crippen molar-refractivity contribution >= 4 is 11.7 Å². The predicted molar refractivity (Wildman–Crippen MR) is 96.8 cm³/mol. The SMILES string of the molecule is CCCn1ncc(C(=O)N2CCc3c(nc(C)nc3N(C)C)C2)c1C. The summed E-state index contributed by atoms with van der Waals surface area (Å²) in [6.07, 6.45) is 3.47. The molecule has 0 aliphatic carbocycles. The lowest BCUT2D eigenvalue weighted by molar-refractivity contribution is 0.0730. The second kappa shape index (κ2) is 6.82. The van der Waals surface area contributed by atoms with Gasteiger partial charge in [0, 0.05) is 38.4 Å². The number of amides is 1. The van der Waals surface area contributed by atoms with Crippen molar-refractivity contribution in [3.63, 3.8) is 0 Å². The molecule has 0 unspecified atom stereocenters. The fourth-order valence-corrected chi connectivity index (χ4v) is 3.34. The van der Waals surface area contributed by atoms with E-state index in [0.717, 1.165) is 48.0 Å². The van der Waals surface area contributed by atoms with Gasteiger partial charge in [-0.3, -0.25) is 9.48 Å². The Morgan fingerprint density at radius 1 is 1.28 bits per heavy atom. The van der Waals surface area contributed by atoms with Gasteiger partial charge in [0.25, 0.3) is 5.91 Å². The number of aromatic nitrogens is 4. The number of carbonyl (C=O) groups is 1. The Morgan fingerprint density at radius 2 is 2.04 bits per heavy atom. The highest BCUT2D eigenvalue weighted by Crippen LogP contribution is 2.26. The molecule has 1 aliphatic rings. The normalized spacial score (nSPS) is 13.7. The van der Waals surface area contributed by atoms with E-state index in [2.05, 4.69) is 22.0 Å². The average molecular weight is 342 g/mol. The molecule has 7 nitrogen and oxygen atoms in total. The highest BCUT2D eigenvalue weighted by molar-refractivity contribution is 5.95. The second-order valence-corrected chi connectivity index (χ2v) is 6.76. The summed E-state index contributed by atoms with van der Waals surface area (Å²) in [6.45, 7) is 8.00. The molecule has 0 fully saturated rings. The van der Waals surface area contributed by atoms with E-state index in [1.165, 1.54) is 0 Å². The first kappa shape index (κ1) is 17.4. The van der Waals surface area contributed by atoms with Crippen LogP contribution in [-0.4, -0.2) is 51.2 Å². The first-order valence-corrected chi connectivity index (χ1v) is 8.77. The van der Waals surface area contributed by atoms with Gasteiger partial charge in [-0.1, -0.05) is 6.92 Å². The third kappa shape index (κ3) is 3.23. The molecule has 0 radical (unpaired) electrons. The molecule has 1 amide bonds. The van der Waals surface area contributed by atoms with Gasteiger partial charge >= 0.3 is 0 Å². The minimum Gasteiger partial charge on any atom is -0.362 e. The van der Waals surface area contributed by atoms with Crippen molar-refractivity contribution < 1.29 is 4.79 Å². The summed E-state index contributed by atoms with van der Waals surface area (Å²) in [5.74, 6) is 1.73. The minimum absolute atomic E-state index is 0.0353. The van der Waals surface area contributed by atoms with E-state index in [1.807, 2.05) is 42.4 Å². The Kier molecular flexibility index (Phi) is 4.74. The van der Waals surface area contributed by atoms with E-state index in [9.17, 15) is 4.79 Å². The summed E-state index contributed by atoms with van der Waals surface area (Å²) in [7, 11) is 3.98. The van der Waals surface area contributed by atoms with Crippen LogP contribution in [0.2, 0.25) is 0 Å².